The number of aromatic hydroxyl groups is 1. The molecule has 0 saturated heterocycles. The van der Waals surface area contributed by atoms with Crippen molar-refractivity contribution in [2.24, 2.45) is 5.73 Å². The van der Waals surface area contributed by atoms with Crippen LogP contribution >= 0.6 is 0 Å². The molecular weight excluding hydrogens is 226 g/mol. The molecule has 3 heteroatoms. The van der Waals surface area contributed by atoms with E-state index in [0.717, 1.165) is 28.9 Å². The van der Waals surface area contributed by atoms with E-state index in [1.54, 1.807) is 13.2 Å². The third-order valence-corrected chi connectivity index (χ3v) is 2.90. The van der Waals surface area contributed by atoms with Crippen molar-refractivity contribution in [1.29, 1.82) is 0 Å². The first-order valence-corrected chi connectivity index (χ1v) is 5.91. The number of phenols is 1. The number of phenolic OH excluding ortho intramolecular Hbond substituents is 1. The Hall–Kier alpha value is -2.00. The maximum atomic E-state index is 9.92. The predicted octanol–water partition coefficient (Wildman–Crippen LogP) is 2.57. The van der Waals surface area contributed by atoms with Gasteiger partial charge in [-0.25, -0.2) is 0 Å². The van der Waals surface area contributed by atoms with Crippen LogP contribution in [-0.2, 0) is 6.42 Å². The number of benzene rings is 2. The van der Waals surface area contributed by atoms with Crippen molar-refractivity contribution in [3.05, 3.63) is 48.0 Å². The molecule has 3 N–H and O–H groups in total. The van der Waals surface area contributed by atoms with Crippen molar-refractivity contribution in [2.45, 2.75) is 6.42 Å². The molecule has 0 saturated carbocycles. The number of ether oxygens (including phenoxy) is 1. The third kappa shape index (κ3) is 2.63. The summed E-state index contributed by atoms with van der Waals surface area (Å²) in [5, 5.41) is 9.92. The van der Waals surface area contributed by atoms with Crippen LogP contribution in [0.25, 0.3) is 11.1 Å². The van der Waals surface area contributed by atoms with E-state index < -0.39 is 0 Å². The van der Waals surface area contributed by atoms with Crippen molar-refractivity contribution in [3.8, 4) is 22.6 Å². The zero-order chi connectivity index (χ0) is 13.0. The lowest BCUT2D eigenvalue weighted by molar-refractivity contribution is 0.415. The molecule has 2 aromatic carbocycles. The highest BCUT2D eigenvalue weighted by Gasteiger charge is 2.05. The summed E-state index contributed by atoms with van der Waals surface area (Å²) in [5.74, 6) is 1.08. The van der Waals surface area contributed by atoms with Crippen LogP contribution in [-0.4, -0.2) is 18.8 Å². The van der Waals surface area contributed by atoms with Crippen LogP contribution < -0.4 is 10.5 Å². The lowest BCUT2D eigenvalue weighted by Gasteiger charge is -2.08. The molecule has 0 spiro atoms. The zero-order valence-electron chi connectivity index (χ0n) is 10.4. The molecule has 0 aliphatic carbocycles. The molecule has 0 amide bonds. The Morgan fingerprint density at radius 3 is 2.44 bits per heavy atom. The van der Waals surface area contributed by atoms with Gasteiger partial charge >= 0.3 is 0 Å². The minimum absolute atomic E-state index is 0.279. The number of nitrogens with two attached hydrogens (primary N) is 1. The molecule has 0 bridgehead atoms. The first kappa shape index (κ1) is 12.5. The van der Waals surface area contributed by atoms with Crippen LogP contribution in [0.3, 0.4) is 0 Å². The van der Waals surface area contributed by atoms with Gasteiger partial charge in [-0.1, -0.05) is 18.2 Å². The molecule has 0 unspecified atom stereocenters. The molecule has 2 aromatic rings. The molecule has 0 radical (unpaired) electrons. The number of methoxy groups -OCH3 is 1. The number of rotatable bonds is 4. The molecule has 0 fully saturated rings. The summed E-state index contributed by atoms with van der Waals surface area (Å²) in [7, 11) is 1.63. The summed E-state index contributed by atoms with van der Waals surface area (Å²) in [4.78, 5) is 0. The van der Waals surface area contributed by atoms with Gasteiger partial charge in [0.05, 0.1) is 7.11 Å². The average molecular weight is 243 g/mol. The molecular formula is C15H17NO2. The van der Waals surface area contributed by atoms with Crippen molar-refractivity contribution in [1.82, 2.24) is 0 Å². The molecule has 2 rings (SSSR count). The van der Waals surface area contributed by atoms with Gasteiger partial charge < -0.3 is 15.6 Å². The van der Waals surface area contributed by atoms with Gasteiger partial charge in [-0.05, 0) is 48.4 Å². The third-order valence-electron chi connectivity index (χ3n) is 2.90. The number of hydrogen-bond donors (Lipinski definition) is 2. The fraction of sp³-hybridized carbons (Fsp3) is 0.200. The van der Waals surface area contributed by atoms with Crippen molar-refractivity contribution >= 4 is 0 Å². The Balaban J connectivity index is 2.38. The molecule has 3 nitrogen and oxygen atoms in total. The van der Waals surface area contributed by atoms with Crippen LogP contribution in [0.5, 0.6) is 11.5 Å². The summed E-state index contributed by atoms with van der Waals surface area (Å²) >= 11 is 0. The van der Waals surface area contributed by atoms with Gasteiger partial charge in [0, 0.05) is 5.56 Å². The maximum absolute atomic E-state index is 9.92. The first-order valence-electron chi connectivity index (χ1n) is 5.91. The van der Waals surface area contributed by atoms with Gasteiger partial charge in [0.25, 0.3) is 0 Å². The summed E-state index contributed by atoms with van der Waals surface area (Å²) in [6, 6.07) is 13.2. The van der Waals surface area contributed by atoms with E-state index in [1.807, 2.05) is 36.4 Å². The summed E-state index contributed by atoms with van der Waals surface area (Å²) in [6.07, 6.45) is 0.809. The Kier molecular flexibility index (Phi) is 3.85. The van der Waals surface area contributed by atoms with Gasteiger partial charge in [0.2, 0.25) is 0 Å². The Labute approximate surface area is 107 Å². The highest BCUT2D eigenvalue weighted by atomic mass is 16.5. The van der Waals surface area contributed by atoms with E-state index >= 15 is 0 Å². The average Bonchev–Trinajstić information content (AvgIpc) is 2.41. The van der Waals surface area contributed by atoms with Crippen LogP contribution in [0.2, 0.25) is 0 Å². The van der Waals surface area contributed by atoms with Gasteiger partial charge in [-0.15, -0.1) is 0 Å². The van der Waals surface area contributed by atoms with Crippen LogP contribution in [0.15, 0.2) is 42.5 Å². The largest absolute Gasteiger partial charge is 0.507 e. The fourth-order valence-corrected chi connectivity index (χ4v) is 1.91. The molecule has 0 aliphatic heterocycles. The second-order valence-electron chi connectivity index (χ2n) is 4.12. The predicted molar refractivity (Wildman–Crippen MR) is 72.9 cm³/mol. The summed E-state index contributed by atoms with van der Waals surface area (Å²) in [5.41, 5.74) is 8.46. The van der Waals surface area contributed by atoms with Gasteiger partial charge in [0.1, 0.15) is 11.5 Å². The van der Waals surface area contributed by atoms with E-state index in [-0.39, 0.29) is 5.75 Å². The molecule has 94 valence electrons. The molecule has 18 heavy (non-hydrogen) atoms. The highest BCUT2D eigenvalue weighted by molar-refractivity contribution is 5.71. The Bertz CT molecular complexity index is 521. The van der Waals surface area contributed by atoms with Crippen molar-refractivity contribution in [2.75, 3.05) is 13.7 Å². The van der Waals surface area contributed by atoms with Gasteiger partial charge in [0.15, 0.2) is 0 Å². The van der Waals surface area contributed by atoms with Crippen molar-refractivity contribution in [3.63, 3.8) is 0 Å². The number of hydrogen-bond acceptors (Lipinski definition) is 3. The van der Waals surface area contributed by atoms with E-state index in [1.165, 1.54) is 0 Å². The molecule has 0 aliphatic rings. The summed E-state index contributed by atoms with van der Waals surface area (Å²) in [6.45, 7) is 0.604. The van der Waals surface area contributed by atoms with Crippen LogP contribution in [0, 0.1) is 0 Å². The lowest BCUT2D eigenvalue weighted by atomic mass is 10.0. The molecule has 0 atom stereocenters. The second kappa shape index (κ2) is 5.56. The van der Waals surface area contributed by atoms with E-state index in [4.69, 9.17) is 10.5 Å². The minimum Gasteiger partial charge on any atom is -0.507 e. The van der Waals surface area contributed by atoms with E-state index in [0.29, 0.717) is 6.54 Å². The van der Waals surface area contributed by atoms with Gasteiger partial charge in [-0.3, -0.25) is 0 Å². The molecule has 0 aromatic heterocycles. The van der Waals surface area contributed by atoms with E-state index in [2.05, 4.69) is 0 Å². The Morgan fingerprint density at radius 1 is 1.11 bits per heavy atom. The van der Waals surface area contributed by atoms with Crippen molar-refractivity contribution < 1.29 is 9.84 Å². The summed E-state index contributed by atoms with van der Waals surface area (Å²) < 4.78 is 5.12. The smallest absolute Gasteiger partial charge is 0.123 e. The standard InChI is InChI=1S/C15H17NO2/c1-18-13-5-3-12(4-6-13)14-10-11(8-9-16)2-7-15(14)17/h2-7,10,17H,8-9,16H2,1H3. The Morgan fingerprint density at radius 2 is 1.83 bits per heavy atom. The SMILES string of the molecule is COc1ccc(-c2cc(CCN)ccc2O)cc1. The lowest BCUT2D eigenvalue weighted by Crippen LogP contribution is -2.02. The topological polar surface area (TPSA) is 55.5 Å². The molecule has 0 heterocycles. The van der Waals surface area contributed by atoms with Gasteiger partial charge in [-0.2, -0.15) is 0 Å². The van der Waals surface area contributed by atoms with E-state index in [9.17, 15) is 5.11 Å². The quantitative estimate of drug-likeness (QED) is 0.867. The second-order valence-corrected chi connectivity index (χ2v) is 4.12. The highest BCUT2D eigenvalue weighted by Crippen LogP contribution is 2.31. The zero-order valence-corrected chi connectivity index (χ0v) is 10.4. The van der Waals surface area contributed by atoms with Crippen LogP contribution in [0.1, 0.15) is 5.56 Å². The minimum atomic E-state index is 0.279. The maximum Gasteiger partial charge on any atom is 0.123 e. The fourth-order valence-electron chi connectivity index (χ4n) is 1.91. The first-order chi connectivity index (χ1) is 8.74. The monoisotopic (exact) mass is 243 g/mol. The van der Waals surface area contributed by atoms with Crippen LogP contribution in [0.4, 0.5) is 0 Å². The normalized spacial score (nSPS) is 10.3.